The van der Waals surface area contributed by atoms with Crippen LogP contribution in [0.3, 0.4) is 0 Å². The van der Waals surface area contributed by atoms with Gasteiger partial charge in [0.05, 0.1) is 13.2 Å². The lowest BCUT2D eigenvalue weighted by Gasteiger charge is -2.29. The zero-order valence-electron chi connectivity index (χ0n) is 13.3. The molecule has 0 aliphatic rings. The fraction of sp³-hybridized carbons (Fsp3) is 0.467. The lowest BCUT2D eigenvalue weighted by Crippen LogP contribution is -2.28. The van der Waals surface area contributed by atoms with Gasteiger partial charge < -0.3 is 9.05 Å². The molecule has 0 heterocycles. The summed E-state index contributed by atoms with van der Waals surface area (Å²) in [6.07, 6.45) is 1.72. The molecule has 4 nitrogen and oxygen atoms in total. The highest BCUT2D eigenvalue weighted by atomic mass is 79.9. The van der Waals surface area contributed by atoms with Crippen molar-refractivity contribution in [1.82, 2.24) is 4.90 Å². The molecule has 0 aromatic heterocycles. The summed E-state index contributed by atoms with van der Waals surface area (Å²) in [7, 11) is 0.320. The van der Waals surface area contributed by atoms with Crippen LogP contribution in [0, 0.1) is 0 Å². The van der Waals surface area contributed by atoms with Crippen LogP contribution in [0.15, 0.2) is 34.8 Å². The van der Waals surface area contributed by atoms with E-state index in [1.54, 1.807) is 24.8 Å². The third kappa shape index (κ3) is 5.48. The Morgan fingerprint density at radius 3 is 2.18 bits per heavy atom. The molecule has 0 aliphatic heterocycles. The van der Waals surface area contributed by atoms with Crippen molar-refractivity contribution in [3.63, 3.8) is 0 Å². The second kappa shape index (κ2) is 9.21. The van der Waals surface area contributed by atoms with E-state index < -0.39 is 13.4 Å². The van der Waals surface area contributed by atoms with Gasteiger partial charge in [-0.1, -0.05) is 39.7 Å². The minimum absolute atomic E-state index is 0.311. The second-order valence-electron chi connectivity index (χ2n) is 4.77. The van der Waals surface area contributed by atoms with Gasteiger partial charge in [0, 0.05) is 9.51 Å². The molecule has 22 heavy (non-hydrogen) atoms. The molecule has 124 valence electrons. The van der Waals surface area contributed by atoms with Crippen molar-refractivity contribution in [2.75, 3.05) is 27.3 Å². The van der Waals surface area contributed by atoms with Gasteiger partial charge in [-0.3, -0.25) is 9.46 Å². The summed E-state index contributed by atoms with van der Waals surface area (Å²) in [4.78, 5) is 1.79. The van der Waals surface area contributed by atoms with Crippen LogP contribution in [0.4, 0.5) is 0 Å². The minimum atomic E-state index is -3.31. The average molecular weight is 411 g/mol. The first kappa shape index (κ1) is 19.9. The minimum Gasteiger partial charge on any atom is -0.308 e. The molecule has 1 rings (SSSR count). The fourth-order valence-corrected chi connectivity index (χ4v) is 4.50. The van der Waals surface area contributed by atoms with Gasteiger partial charge in [0.15, 0.2) is 0 Å². The van der Waals surface area contributed by atoms with Crippen molar-refractivity contribution < 1.29 is 13.6 Å². The molecule has 0 fully saturated rings. The van der Waals surface area contributed by atoms with Gasteiger partial charge in [-0.25, -0.2) is 0 Å². The SMILES string of the molecule is CCOP(=O)(OCC)C(C=C(Cl)c1ccc(Br)cc1)N(C)C. The molecule has 1 aromatic rings. The zero-order chi connectivity index (χ0) is 16.8. The van der Waals surface area contributed by atoms with Crippen LogP contribution < -0.4 is 0 Å². The molecule has 7 heteroatoms. The fourth-order valence-electron chi connectivity index (χ4n) is 1.91. The highest BCUT2D eigenvalue weighted by molar-refractivity contribution is 9.10. The summed E-state index contributed by atoms with van der Waals surface area (Å²) >= 11 is 9.78. The van der Waals surface area contributed by atoms with Crippen molar-refractivity contribution in [3.8, 4) is 0 Å². The van der Waals surface area contributed by atoms with Crippen LogP contribution in [0.1, 0.15) is 19.4 Å². The van der Waals surface area contributed by atoms with E-state index in [1.807, 2.05) is 38.4 Å². The first-order valence-electron chi connectivity index (χ1n) is 7.02. The van der Waals surface area contributed by atoms with Crippen molar-refractivity contribution in [2.45, 2.75) is 19.6 Å². The molecule has 0 saturated carbocycles. The molecule has 0 bridgehead atoms. The maximum absolute atomic E-state index is 13.0. The van der Waals surface area contributed by atoms with E-state index >= 15 is 0 Å². The van der Waals surface area contributed by atoms with E-state index in [9.17, 15) is 4.57 Å². The first-order chi connectivity index (χ1) is 10.3. The Labute approximate surface area is 146 Å². The topological polar surface area (TPSA) is 38.8 Å². The maximum atomic E-state index is 13.0. The highest BCUT2D eigenvalue weighted by Crippen LogP contribution is 2.54. The van der Waals surface area contributed by atoms with E-state index in [2.05, 4.69) is 15.9 Å². The molecule has 0 amide bonds. The monoisotopic (exact) mass is 409 g/mol. The summed E-state index contributed by atoms with van der Waals surface area (Å²) in [6.45, 7) is 4.20. The van der Waals surface area contributed by atoms with Crippen LogP contribution in [-0.4, -0.2) is 38.0 Å². The number of nitrogens with zero attached hydrogens (tertiary/aromatic N) is 1. The number of rotatable bonds is 8. The van der Waals surface area contributed by atoms with E-state index in [4.69, 9.17) is 20.6 Å². The van der Waals surface area contributed by atoms with Crippen LogP contribution in [0.25, 0.3) is 5.03 Å². The Balaban J connectivity index is 3.16. The van der Waals surface area contributed by atoms with Gasteiger partial charge in [0.2, 0.25) is 0 Å². The largest absolute Gasteiger partial charge is 0.351 e. The first-order valence-corrected chi connectivity index (χ1v) is 9.80. The second-order valence-corrected chi connectivity index (χ2v) is 8.22. The van der Waals surface area contributed by atoms with Crippen LogP contribution in [0.2, 0.25) is 0 Å². The van der Waals surface area contributed by atoms with Gasteiger partial charge in [-0.15, -0.1) is 0 Å². The third-order valence-corrected chi connectivity index (χ3v) is 6.25. The molecule has 0 radical (unpaired) electrons. The standard InChI is InChI=1S/C15H22BrClNO3P/c1-5-20-22(19,21-6-2)15(18(3)4)11-14(17)12-7-9-13(16)10-8-12/h7-11,15H,5-6H2,1-4H3. The van der Waals surface area contributed by atoms with E-state index in [0.29, 0.717) is 18.2 Å². The molecule has 1 atom stereocenters. The van der Waals surface area contributed by atoms with Crippen LogP contribution >= 0.6 is 35.1 Å². The number of benzene rings is 1. The number of halogens is 2. The van der Waals surface area contributed by atoms with E-state index in [1.165, 1.54) is 0 Å². The number of likely N-dealkylation sites (N-methyl/N-ethyl adjacent to an activating group) is 1. The summed E-state index contributed by atoms with van der Waals surface area (Å²) in [5.74, 6) is -0.552. The molecule has 0 aliphatic carbocycles. The third-order valence-electron chi connectivity index (χ3n) is 2.89. The average Bonchev–Trinajstić information content (AvgIpc) is 2.45. The zero-order valence-corrected chi connectivity index (χ0v) is 16.5. The lowest BCUT2D eigenvalue weighted by atomic mass is 10.2. The van der Waals surface area contributed by atoms with Gasteiger partial charge in [0.1, 0.15) is 5.78 Å². The Bertz CT molecular complexity index is 538. The summed E-state index contributed by atoms with van der Waals surface area (Å²) in [6, 6.07) is 7.59. The Morgan fingerprint density at radius 1 is 1.27 bits per heavy atom. The number of hydrogen-bond acceptors (Lipinski definition) is 4. The van der Waals surface area contributed by atoms with Gasteiger partial charge in [-0.2, -0.15) is 0 Å². The van der Waals surface area contributed by atoms with Gasteiger partial charge in [0.25, 0.3) is 0 Å². The van der Waals surface area contributed by atoms with Crippen molar-refractivity contribution in [3.05, 3.63) is 40.4 Å². The molecular formula is C15H22BrClNO3P. The van der Waals surface area contributed by atoms with Crippen molar-refractivity contribution in [2.24, 2.45) is 0 Å². The van der Waals surface area contributed by atoms with Crippen LogP contribution in [-0.2, 0) is 13.6 Å². The predicted octanol–water partition coefficient (Wildman–Crippen LogP) is 5.18. The Kier molecular flexibility index (Phi) is 8.33. The van der Waals surface area contributed by atoms with E-state index in [0.717, 1.165) is 10.0 Å². The summed E-state index contributed by atoms with van der Waals surface area (Å²) < 4.78 is 24.8. The molecule has 1 unspecified atom stereocenters. The van der Waals surface area contributed by atoms with Crippen molar-refractivity contribution in [1.29, 1.82) is 0 Å². The molecule has 0 spiro atoms. The normalized spacial score (nSPS) is 14.4. The van der Waals surface area contributed by atoms with Gasteiger partial charge in [-0.05, 0) is 51.7 Å². The summed E-state index contributed by atoms with van der Waals surface area (Å²) in [5, 5.41) is 0.505. The molecular weight excluding hydrogens is 389 g/mol. The molecule has 1 aromatic carbocycles. The quantitative estimate of drug-likeness (QED) is 0.553. The van der Waals surface area contributed by atoms with E-state index in [-0.39, 0.29) is 0 Å². The summed E-state index contributed by atoms with van der Waals surface area (Å²) in [5.41, 5.74) is 0.844. The number of hydrogen-bond donors (Lipinski definition) is 0. The van der Waals surface area contributed by atoms with Gasteiger partial charge >= 0.3 is 7.60 Å². The predicted molar refractivity (Wildman–Crippen MR) is 96.3 cm³/mol. The lowest BCUT2D eigenvalue weighted by molar-refractivity contribution is 0.196. The Hall–Kier alpha value is -0.160. The maximum Gasteiger partial charge on any atom is 0.351 e. The highest BCUT2D eigenvalue weighted by Gasteiger charge is 2.36. The smallest absolute Gasteiger partial charge is 0.308 e. The Morgan fingerprint density at radius 2 is 1.77 bits per heavy atom. The molecule has 0 N–H and O–H groups in total. The van der Waals surface area contributed by atoms with Crippen molar-refractivity contribution >= 4 is 40.2 Å². The van der Waals surface area contributed by atoms with Crippen LogP contribution in [0.5, 0.6) is 0 Å². The molecule has 0 saturated heterocycles.